The summed E-state index contributed by atoms with van der Waals surface area (Å²) in [5.74, 6) is -1.08. The maximum atomic E-state index is 11.0. The van der Waals surface area contributed by atoms with Gasteiger partial charge in [-0.2, -0.15) is 0 Å². The molecule has 0 amide bonds. The van der Waals surface area contributed by atoms with Crippen LogP contribution in [0.3, 0.4) is 0 Å². The maximum absolute atomic E-state index is 11.0. The minimum Gasteiger partial charge on any atom is -0.393 e. The first-order valence-electron chi connectivity index (χ1n) is 4.93. The van der Waals surface area contributed by atoms with Gasteiger partial charge >= 0.3 is 11.9 Å². The van der Waals surface area contributed by atoms with E-state index in [2.05, 4.69) is 4.74 Å². The maximum Gasteiger partial charge on any atom is 0.317 e. The molecule has 3 nitrogen and oxygen atoms in total. The average molecular weight is 208 g/mol. The molecule has 3 heteroatoms. The summed E-state index contributed by atoms with van der Waals surface area (Å²) in [5, 5.41) is 0. The van der Waals surface area contributed by atoms with E-state index in [1.807, 2.05) is 32.0 Å². The quantitative estimate of drug-likeness (QED) is 0.553. The summed E-state index contributed by atoms with van der Waals surface area (Å²) in [7, 11) is 0. The van der Waals surface area contributed by atoms with Crippen LogP contribution in [0.25, 0.3) is 0 Å². The molecule has 0 fully saturated rings. The van der Waals surface area contributed by atoms with E-state index in [9.17, 15) is 9.59 Å². The van der Waals surface area contributed by atoms with Gasteiger partial charge in [0.15, 0.2) is 0 Å². The highest BCUT2D eigenvalue weighted by molar-refractivity contribution is 5.85. The molecule has 0 saturated heterocycles. The van der Waals surface area contributed by atoms with E-state index >= 15 is 0 Å². The molecule has 0 spiro atoms. The Hall–Kier alpha value is -1.64. The molecule has 0 bridgehead atoms. The molecule has 1 aromatic carbocycles. The second-order valence-corrected chi connectivity index (χ2v) is 2.63. The van der Waals surface area contributed by atoms with Crippen molar-refractivity contribution in [2.45, 2.75) is 27.2 Å². The van der Waals surface area contributed by atoms with Crippen LogP contribution in [0.15, 0.2) is 30.3 Å². The Balaban J connectivity index is 0.000000921. The van der Waals surface area contributed by atoms with Crippen LogP contribution >= 0.6 is 0 Å². The number of hydrogen-bond acceptors (Lipinski definition) is 3. The fourth-order valence-corrected chi connectivity index (χ4v) is 0.959. The third kappa shape index (κ3) is 6.43. The van der Waals surface area contributed by atoms with Crippen LogP contribution in [-0.2, 0) is 20.7 Å². The van der Waals surface area contributed by atoms with Gasteiger partial charge in [0.2, 0.25) is 0 Å². The molecular formula is C12H16O3. The van der Waals surface area contributed by atoms with Gasteiger partial charge in [-0.1, -0.05) is 44.2 Å². The van der Waals surface area contributed by atoms with Gasteiger partial charge in [0.1, 0.15) is 0 Å². The fraction of sp³-hybridized carbons (Fsp3) is 0.333. The molecular weight excluding hydrogens is 192 g/mol. The number of carbonyl (C=O) groups is 2. The van der Waals surface area contributed by atoms with Gasteiger partial charge in [0.25, 0.3) is 0 Å². The van der Waals surface area contributed by atoms with Crippen molar-refractivity contribution in [3.8, 4) is 0 Å². The van der Waals surface area contributed by atoms with Crippen LogP contribution in [0.5, 0.6) is 0 Å². The number of ether oxygens (including phenoxy) is 1. The lowest BCUT2D eigenvalue weighted by atomic mass is 10.2. The zero-order valence-corrected chi connectivity index (χ0v) is 9.32. The van der Waals surface area contributed by atoms with Gasteiger partial charge in [-0.25, -0.2) is 0 Å². The lowest BCUT2D eigenvalue weighted by Crippen LogP contribution is -2.11. The standard InChI is InChI=1S/C10H10O3.C2H6/c1-8(11)13-10(12)7-9-5-3-2-4-6-9;1-2/h2-6H,7H2,1H3;1-2H3. The summed E-state index contributed by atoms with van der Waals surface area (Å²) >= 11 is 0. The predicted octanol–water partition coefficient (Wildman–Crippen LogP) is 2.35. The highest BCUT2D eigenvalue weighted by Crippen LogP contribution is 2.00. The van der Waals surface area contributed by atoms with Crippen molar-refractivity contribution in [2.75, 3.05) is 0 Å². The normalized spacial score (nSPS) is 8.47. The van der Waals surface area contributed by atoms with Crippen molar-refractivity contribution in [3.63, 3.8) is 0 Å². The van der Waals surface area contributed by atoms with Gasteiger partial charge < -0.3 is 4.74 Å². The van der Waals surface area contributed by atoms with Crippen LogP contribution in [0.2, 0.25) is 0 Å². The van der Waals surface area contributed by atoms with Crippen molar-refractivity contribution in [3.05, 3.63) is 35.9 Å². The zero-order chi connectivity index (χ0) is 11.7. The van der Waals surface area contributed by atoms with E-state index < -0.39 is 11.9 Å². The molecule has 0 radical (unpaired) electrons. The molecule has 0 aliphatic rings. The summed E-state index contributed by atoms with van der Waals surface area (Å²) in [5.41, 5.74) is 0.841. The molecule has 0 aliphatic carbocycles. The molecule has 82 valence electrons. The Morgan fingerprint density at radius 2 is 1.67 bits per heavy atom. The van der Waals surface area contributed by atoms with E-state index in [0.29, 0.717) is 0 Å². The molecule has 0 saturated carbocycles. The molecule has 0 N–H and O–H groups in total. The first-order valence-corrected chi connectivity index (χ1v) is 4.93. The lowest BCUT2D eigenvalue weighted by molar-refractivity contribution is -0.157. The Kier molecular flexibility index (Phi) is 6.89. The van der Waals surface area contributed by atoms with E-state index in [1.165, 1.54) is 6.92 Å². The van der Waals surface area contributed by atoms with Gasteiger partial charge in [-0.05, 0) is 5.56 Å². The molecule has 0 unspecified atom stereocenters. The van der Waals surface area contributed by atoms with Crippen molar-refractivity contribution in [2.24, 2.45) is 0 Å². The Bertz CT molecular complexity index is 304. The third-order valence-electron chi connectivity index (χ3n) is 1.45. The molecule has 0 aromatic heterocycles. The van der Waals surface area contributed by atoms with E-state index in [1.54, 1.807) is 12.1 Å². The Morgan fingerprint density at radius 1 is 1.13 bits per heavy atom. The average Bonchev–Trinajstić information content (AvgIpc) is 2.21. The number of carbonyl (C=O) groups excluding carboxylic acids is 2. The minimum absolute atomic E-state index is 0.139. The molecule has 15 heavy (non-hydrogen) atoms. The highest BCUT2D eigenvalue weighted by Gasteiger charge is 2.06. The molecule has 0 aliphatic heterocycles. The number of rotatable bonds is 2. The lowest BCUT2D eigenvalue weighted by Gasteiger charge is -1.99. The molecule has 1 rings (SSSR count). The van der Waals surface area contributed by atoms with Crippen LogP contribution in [0, 0.1) is 0 Å². The van der Waals surface area contributed by atoms with Gasteiger partial charge in [0, 0.05) is 6.92 Å². The molecule has 1 aromatic rings. The topological polar surface area (TPSA) is 43.4 Å². The first kappa shape index (κ1) is 13.4. The second-order valence-electron chi connectivity index (χ2n) is 2.63. The van der Waals surface area contributed by atoms with Crippen molar-refractivity contribution in [1.82, 2.24) is 0 Å². The summed E-state index contributed by atoms with van der Waals surface area (Å²) < 4.78 is 4.38. The Labute approximate surface area is 90.1 Å². The highest BCUT2D eigenvalue weighted by atomic mass is 16.6. The van der Waals surface area contributed by atoms with Crippen molar-refractivity contribution < 1.29 is 14.3 Å². The number of esters is 2. The van der Waals surface area contributed by atoms with E-state index in [-0.39, 0.29) is 6.42 Å². The van der Waals surface area contributed by atoms with E-state index in [0.717, 1.165) is 5.56 Å². The predicted molar refractivity (Wildman–Crippen MR) is 58.3 cm³/mol. The van der Waals surface area contributed by atoms with E-state index in [4.69, 9.17) is 0 Å². The number of benzene rings is 1. The minimum atomic E-state index is -0.569. The fourth-order valence-electron chi connectivity index (χ4n) is 0.959. The summed E-state index contributed by atoms with van der Waals surface area (Å²) in [6, 6.07) is 9.13. The van der Waals surface area contributed by atoms with Crippen LogP contribution in [0.4, 0.5) is 0 Å². The monoisotopic (exact) mass is 208 g/mol. The summed E-state index contributed by atoms with van der Waals surface area (Å²) in [4.78, 5) is 21.4. The zero-order valence-electron chi connectivity index (χ0n) is 9.32. The first-order chi connectivity index (χ1) is 7.18. The summed E-state index contributed by atoms with van der Waals surface area (Å²) in [6.45, 7) is 5.21. The van der Waals surface area contributed by atoms with Gasteiger partial charge in [-0.3, -0.25) is 9.59 Å². The second kappa shape index (κ2) is 7.74. The smallest absolute Gasteiger partial charge is 0.317 e. The summed E-state index contributed by atoms with van der Waals surface area (Å²) in [6.07, 6.45) is 0.139. The largest absolute Gasteiger partial charge is 0.393 e. The van der Waals surface area contributed by atoms with Crippen LogP contribution < -0.4 is 0 Å². The van der Waals surface area contributed by atoms with Crippen molar-refractivity contribution in [1.29, 1.82) is 0 Å². The molecule has 0 heterocycles. The third-order valence-corrected chi connectivity index (χ3v) is 1.45. The Morgan fingerprint density at radius 3 is 2.13 bits per heavy atom. The SMILES string of the molecule is CC.CC(=O)OC(=O)Cc1ccccc1. The van der Waals surface area contributed by atoms with Crippen LogP contribution in [-0.4, -0.2) is 11.9 Å². The number of hydrogen-bond donors (Lipinski definition) is 0. The van der Waals surface area contributed by atoms with Crippen LogP contribution in [0.1, 0.15) is 26.3 Å². The van der Waals surface area contributed by atoms with Gasteiger partial charge in [0.05, 0.1) is 6.42 Å². The van der Waals surface area contributed by atoms with Crippen molar-refractivity contribution >= 4 is 11.9 Å². The molecule has 0 atom stereocenters. The van der Waals surface area contributed by atoms with Gasteiger partial charge in [-0.15, -0.1) is 0 Å².